The second kappa shape index (κ2) is 8.45. The highest BCUT2D eigenvalue weighted by atomic mass is 19.4. The molecule has 8 heteroatoms. The van der Waals surface area contributed by atoms with Crippen LogP contribution in [0.4, 0.5) is 13.2 Å². The Kier molecular flexibility index (Phi) is 6.10. The number of pyridine rings is 1. The number of hydrogen-bond acceptors (Lipinski definition) is 2. The minimum absolute atomic E-state index is 0.0955. The molecule has 0 saturated carbocycles. The molecule has 3 rings (SSSR count). The Morgan fingerprint density at radius 2 is 1.71 bits per heavy atom. The number of aromatic amines is 1. The quantitative estimate of drug-likeness (QED) is 0.629. The van der Waals surface area contributed by atoms with Crippen molar-refractivity contribution in [1.82, 2.24) is 14.9 Å². The number of aromatic nitrogens is 2. The van der Waals surface area contributed by atoms with Gasteiger partial charge in [-0.3, -0.25) is 9.59 Å². The number of carbonyl (C=O) groups is 1. The molecule has 2 heterocycles. The van der Waals surface area contributed by atoms with Crippen molar-refractivity contribution in [3.05, 3.63) is 91.7 Å². The fourth-order valence-corrected chi connectivity index (χ4v) is 3.51. The van der Waals surface area contributed by atoms with E-state index in [0.717, 1.165) is 29.0 Å². The van der Waals surface area contributed by atoms with Crippen LogP contribution in [-0.4, -0.2) is 15.5 Å². The van der Waals surface area contributed by atoms with Gasteiger partial charge in [0.15, 0.2) is 0 Å². The fraction of sp³-hybridized carbons (Fsp3) is 0.304. The molecule has 2 aromatic heterocycles. The van der Waals surface area contributed by atoms with Crippen molar-refractivity contribution in [2.24, 2.45) is 0 Å². The van der Waals surface area contributed by atoms with Gasteiger partial charge in [-0.25, -0.2) is 0 Å². The number of aryl methyl sites for hydroxylation is 3. The highest BCUT2D eigenvalue weighted by Gasteiger charge is 2.30. The largest absolute Gasteiger partial charge is 0.416 e. The van der Waals surface area contributed by atoms with Gasteiger partial charge >= 0.3 is 6.18 Å². The summed E-state index contributed by atoms with van der Waals surface area (Å²) in [5, 5.41) is 2.79. The molecule has 0 radical (unpaired) electrons. The lowest BCUT2D eigenvalue weighted by Crippen LogP contribution is -2.28. The lowest BCUT2D eigenvalue weighted by Gasteiger charge is -2.11. The van der Waals surface area contributed by atoms with E-state index >= 15 is 0 Å². The summed E-state index contributed by atoms with van der Waals surface area (Å²) in [6.07, 6.45) is -2.58. The summed E-state index contributed by atoms with van der Waals surface area (Å²) in [5.41, 5.74) is 3.88. The zero-order valence-electron chi connectivity index (χ0n) is 17.8. The van der Waals surface area contributed by atoms with E-state index in [9.17, 15) is 22.8 Å². The van der Waals surface area contributed by atoms with E-state index in [1.807, 2.05) is 18.4 Å². The molecule has 0 aliphatic heterocycles. The Morgan fingerprint density at radius 3 is 2.32 bits per heavy atom. The number of rotatable bonds is 5. The minimum Gasteiger partial charge on any atom is -0.348 e. The second-order valence-corrected chi connectivity index (χ2v) is 7.71. The number of alkyl halides is 3. The maximum Gasteiger partial charge on any atom is 0.416 e. The summed E-state index contributed by atoms with van der Waals surface area (Å²) in [7, 11) is 0. The summed E-state index contributed by atoms with van der Waals surface area (Å²) in [6.45, 7) is 7.72. The normalized spacial score (nSPS) is 11.6. The smallest absolute Gasteiger partial charge is 0.348 e. The Morgan fingerprint density at radius 1 is 1.06 bits per heavy atom. The fourth-order valence-electron chi connectivity index (χ4n) is 3.51. The van der Waals surface area contributed by atoms with Crippen LogP contribution in [0.15, 0.2) is 41.3 Å². The second-order valence-electron chi connectivity index (χ2n) is 7.71. The first-order chi connectivity index (χ1) is 14.5. The van der Waals surface area contributed by atoms with Crippen molar-refractivity contribution in [2.75, 3.05) is 0 Å². The molecule has 0 atom stereocenters. The minimum atomic E-state index is -4.37. The molecule has 2 N–H and O–H groups in total. The molecule has 0 aliphatic rings. The van der Waals surface area contributed by atoms with Crippen molar-refractivity contribution in [3.63, 3.8) is 0 Å². The van der Waals surface area contributed by atoms with Crippen LogP contribution in [0.3, 0.4) is 0 Å². The van der Waals surface area contributed by atoms with Gasteiger partial charge in [-0.05, 0) is 62.6 Å². The van der Waals surface area contributed by atoms with Gasteiger partial charge in [-0.2, -0.15) is 13.2 Å². The third-order valence-electron chi connectivity index (χ3n) is 5.41. The summed E-state index contributed by atoms with van der Waals surface area (Å²) < 4.78 is 40.1. The highest BCUT2D eigenvalue weighted by Crippen LogP contribution is 2.29. The standard InChI is InChI=1S/C23H24F3N3O2/c1-13-9-18(21(30)28-15(13)3)10-27-22(31)20-14(2)11-29(16(20)4)12-17-5-7-19(8-6-17)23(24,25)26/h5-9,11H,10,12H2,1-4H3,(H,27,31)(H,28,30). The van der Waals surface area contributed by atoms with E-state index in [2.05, 4.69) is 10.3 Å². The van der Waals surface area contributed by atoms with Gasteiger partial charge in [-0.15, -0.1) is 0 Å². The van der Waals surface area contributed by atoms with Crippen molar-refractivity contribution in [2.45, 2.75) is 47.0 Å². The van der Waals surface area contributed by atoms with Crippen LogP contribution < -0.4 is 10.9 Å². The molecule has 0 bridgehead atoms. The van der Waals surface area contributed by atoms with Gasteiger partial charge in [0.05, 0.1) is 11.1 Å². The lowest BCUT2D eigenvalue weighted by atomic mass is 10.1. The topological polar surface area (TPSA) is 66.9 Å². The molecular weight excluding hydrogens is 407 g/mol. The van der Waals surface area contributed by atoms with Gasteiger partial charge in [-0.1, -0.05) is 12.1 Å². The first-order valence-corrected chi connectivity index (χ1v) is 9.77. The van der Waals surface area contributed by atoms with Gasteiger partial charge in [0, 0.05) is 36.2 Å². The van der Waals surface area contributed by atoms with Crippen molar-refractivity contribution < 1.29 is 18.0 Å². The van der Waals surface area contributed by atoms with Crippen LogP contribution in [0.1, 0.15) is 49.6 Å². The van der Waals surface area contributed by atoms with E-state index in [0.29, 0.717) is 28.9 Å². The molecule has 5 nitrogen and oxygen atoms in total. The summed E-state index contributed by atoms with van der Waals surface area (Å²) >= 11 is 0. The Labute approximate surface area is 177 Å². The van der Waals surface area contributed by atoms with E-state index in [1.54, 1.807) is 26.1 Å². The predicted molar refractivity (Wildman–Crippen MR) is 112 cm³/mol. The molecular formula is C23H24F3N3O2. The SMILES string of the molecule is Cc1cc(CNC(=O)c2c(C)cn(Cc3ccc(C(F)(F)F)cc3)c2C)c(=O)[nH]c1C. The number of halogens is 3. The van der Waals surface area contributed by atoms with E-state index in [4.69, 9.17) is 0 Å². The average molecular weight is 431 g/mol. The monoisotopic (exact) mass is 431 g/mol. The molecule has 0 spiro atoms. The average Bonchev–Trinajstić information content (AvgIpc) is 2.96. The molecule has 0 saturated heterocycles. The van der Waals surface area contributed by atoms with E-state index in [-0.39, 0.29) is 18.0 Å². The first-order valence-electron chi connectivity index (χ1n) is 9.77. The van der Waals surface area contributed by atoms with Crippen molar-refractivity contribution in [3.8, 4) is 0 Å². The Balaban J connectivity index is 1.75. The van der Waals surface area contributed by atoms with Crippen LogP contribution >= 0.6 is 0 Å². The van der Waals surface area contributed by atoms with Crippen molar-refractivity contribution in [1.29, 1.82) is 0 Å². The van der Waals surface area contributed by atoms with Gasteiger partial charge in [0.1, 0.15) is 0 Å². The highest BCUT2D eigenvalue weighted by molar-refractivity contribution is 5.96. The van der Waals surface area contributed by atoms with Crippen LogP contribution in [0.5, 0.6) is 0 Å². The Hall–Kier alpha value is -3.29. The maximum atomic E-state index is 12.8. The summed E-state index contributed by atoms with van der Waals surface area (Å²) in [4.78, 5) is 27.6. The molecule has 31 heavy (non-hydrogen) atoms. The number of nitrogens with zero attached hydrogens (tertiary/aromatic N) is 1. The number of H-pyrrole nitrogens is 1. The maximum absolute atomic E-state index is 12.8. The lowest BCUT2D eigenvalue weighted by molar-refractivity contribution is -0.137. The number of benzene rings is 1. The van der Waals surface area contributed by atoms with Crippen LogP contribution in [0, 0.1) is 27.7 Å². The van der Waals surface area contributed by atoms with Crippen LogP contribution in [0.25, 0.3) is 0 Å². The molecule has 0 fully saturated rings. The van der Waals surface area contributed by atoms with Crippen LogP contribution in [0.2, 0.25) is 0 Å². The van der Waals surface area contributed by atoms with Crippen LogP contribution in [-0.2, 0) is 19.3 Å². The number of amides is 1. The number of nitrogens with one attached hydrogen (secondary N) is 2. The van der Waals surface area contributed by atoms with Crippen molar-refractivity contribution >= 4 is 5.91 Å². The van der Waals surface area contributed by atoms with Gasteiger partial charge in [0.2, 0.25) is 0 Å². The molecule has 0 aliphatic carbocycles. The summed E-state index contributed by atoms with van der Waals surface area (Å²) in [6, 6.07) is 6.72. The third-order valence-corrected chi connectivity index (χ3v) is 5.41. The Bertz CT molecular complexity index is 1170. The zero-order valence-corrected chi connectivity index (χ0v) is 17.8. The van der Waals surface area contributed by atoms with Gasteiger partial charge in [0.25, 0.3) is 11.5 Å². The molecule has 3 aromatic rings. The predicted octanol–water partition coefficient (Wildman–Crippen LogP) is 4.41. The molecule has 1 amide bonds. The molecule has 0 unspecified atom stereocenters. The number of hydrogen-bond donors (Lipinski definition) is 2. The third kappa shape index (κ3) is 4.90. The number of carbonyl (C=O) groups excluding carboxylic acids is 1. The zero-order chi connectivity index (χ0) is 22.9. The van der Waals surface area contributed by atoms with Gasteiger partial charge < -0.3 is 14.9 Å². The molecule has 164 valence electrons. The van der Waals surface area contributed by atoms with E-state index < -0.39 is 11.7 Å². The molecule has 1 aromatic carbocycles. The van der Waals surface area contributed by atoms with E-state index in [1.165, 1.54) is 12.1 Å². The summed E-state index contributed by atoms with van der Waals surface area (Å²) in [5.74, 6) is -0.307. The first kappa shape index (κ1) is 22.4.